The minimum absolute atomic E-state index is 0.155. The fourth-order valence-electron chi connectivity index (χ4n) is 1.93. The van der Waals surface area contributed by atoms with Crippen LogP contribution in [0.25, 0.3) is 0 Å². The highest BCUT2D eigenvalue weighted by atomic mass is 35.5. The van der Waals surface area contributed by atoms with E-state index in [1.807, 2.05) is 0 Å². The summed E-state index contributed by atoms with van der Waals surface area (Å²) in [7, 11) is 0. The van der Waals surface area contributed by atoms with E-state index in [0.29, 0.717) is 10.6 Å². The lowest BCUT2D eigenvalue weighted by molar-refractivity contribution is -0.145. The molecule has 1 atom stereocenters. The molecule has 0 bridgehead atoms. The Morgan fingerprint density at radius 3 is 2.61 bits per heavy atom. The minimum Gasteiger partial charge on any atom is -0.464 e. The number of ether oxygens (including phenoxy) is 1. The Labute approximate surface area is 137 Å². The van der Waals surface area contributed by atoms with Gasteiger partial charge < -0.3 is 10.1 Å². The molecule has 2 rings (SSSR count). The van der Waals surface area contributed by atoms with Gasteiger partial charge in [0.15, 0.2) is 11.9 Å². The summed E-state index contributed by atoms with van der Waals surface area (Å²) in [5.41, 5.74) is 0.277. The van der Waals surface area contributed by atoms with Gasteiger partial charge in [-0.3, -0.25) is 9.78 Å². The van der Waals surface area contributed by atoms with Crippen LogP contribution in [-0.4, -0.2) is 23.5 Å². The molecule has 1 aromatic carbocycles. The van der Waals surface area contributed by atoms with Gasteiger partial charge in [-0.25, -0.2) is 9.18 Å². The molecule has 0 spiro atoms. The molecule has 0 fully saturated rings. The maximum Gasteiger partial charge on any atom is 0.333 e. The fraction of sp³-hybridized carbons (Fsp3) is 0.188. The molecule has 1 amide bonds. The Morgan fingerprint density at radius 2 is 2.00 bits per heavy atom. The van der Waals surface area contributed by atoms with Crippen molar-refractivity contribution in [1.29, 1.82) is 0 Å². The third kappa shape index (κ3) is 4.26. The Morgan fingerprint density at radius 1 is 1.30 bits per heavy atom. The largest absolute Gasteiger partial charge is 0.464 e. The molecular formula is C16H14ClFN2O3. The van der Waals surface area contributed by atoms with Crippen molar-refractivity contribution in [3.63, 3.8) is 0 Å². The molecule has 1 N–H and O–H groups in total. The summed E-state index contributed by atoms with van der Waals surface area (Å²) < 4.78 is 18.6. The molecule has 1 aromatic heterocycles. The van der Waals surface area contributed by atoms with Crippen molar-refractivity contribution < 1.29 is 18.7 Å². The molecule has 2 aromatic rings. The molecule has 0 unspecified atom stereocenters. The van der Waals surface area contributed by atoms with E-state index in [2.05, 4.69) is 10.3 Å². The standard InChI is InChI=1S/C16H14ClFN2O3/c1-2-23-16(22)14(10-3-5-11(17)6-4-10)20-15(21)12-7-8-19-9-13(12)18/h3-9,14H,2H2,1H3,(H,20,21)/t14-/m1/s1. The molecule has 23 heavy (non-hydrogen) atoms. The van der Waals surface area contributed by atoms with Gasteiger partial charge in [0.25, 0.3) is 5.91 Å². The van der Waals surface area contributed by atoms with Gasteiger partial charge in [-0.1, -0.05) is 23.7 Å². The second kappa shape index (κ2) is 7.69. The number of esters is 1. The molecular weight excluding hydrogens is 323 g/mol. The normalized spacial score (nSPS) is 11.6. The smallest absolute Gasteiger partial charge is 0.333 e. The average molecular weight is 337 g/mol. The number of nitrogens with zero attached hydrogens (tertiary/aromatic N) is 1. The van der Waals surface area contributed by atoms with E-state index in [1.54, 1.807) is 31.2 Å². The Balaban J connectivity index is 2.27. The second-order valence-electron chi connectivity index (χ2n) is 4.57. The van der Waals surface area contributed by atoms with E-state index in [9.17, 15) is 14.0 Å². The first-order valence-corrected chi connectivity index (χ1v) is 7.23. The number of benzene rings is 1. The molecule has 7 heteroatoms. The molecule has 0 saturated carbocycles. The third-order valence-corrected chi connectivity index (χ3v) is 3.27. The van der Waals surface area contributed by atoms with Crippen LogP contribution in [0.5, 0.6) is 0 Å². The zero-order valence-corrected chi connectivity index (χ0v) is 13.0. The van der Waals surface area contributed by atoms with E-state index in [1.165, 1.54) is 12.3 Å². The van der Waals surface area contributed by atoms with Gasteiger partial charge >= 0.3 is 5.97 Å². The molecule has 0 saturated heterocycles. The van der Waals surface area contributed by atoms with Gasteiger partial charge in [-0.15, -0.1) is 0 Å². The number of amides is 1. The molecule has 0 aliphatic carbocycles. The lowest BCUT2D eigenvalue weighted by Gasteiger charge is -2.18. The maximum atomic E-state index is 13.6. The van der Waals surface area contributed by atoms with Crippen molar-refractivity contribution in [2.24, 2.45) is 0 Å². The molecule has 120 valence electrons. The van der Waals surface area contributed by atoms with Gasteiger partial charge in [0, 0.05) is 11.2 Å². The van der Waals surface area contributed by atoms with E-state index < -0.39 is 23.7 Å². The Bertz CT molecular complexity index is 707. The number of carbonyl (C=O) groups is 2. The van der Waals surface area contributed by atoms with Crippen molar-refractivity contribution in [3.05, 3.63) is 64.7 Å². The summed E-state index contributed by atoms with van der Waals surface area (Å²) in [5.74, 6) is -2.15. The van der Waals surface area contributed by atoms with Crippen molar-refractivity contribution in [1.82, 2.24) is 10.3 Å². The molecule has 0 radical (unpaired) electrons. The number of rotatable bonds is 5. The van der Waals surface area contributed by atoms with Gasteiger partial charge in [0.2, 0.25) is 0 Å². The highest BCUT2D eigenvalue weighted by Crippen LogP contribution is 2.19. The average Bonchev–Trinajstić information content (AvgIpc) is 2.54. The van der Waals surface area contributed by atoms with Crippen LogP contribution in [0.4, 0.5) is 4.39 Å². The number of aromatic nitrogens is 1. The number of halogens is 2. The van der Waals surface area contributed by atoms with Crippen molar-refractivity contribution in [2.45, 2.75) is 13.0 Å². The third-order valence-electron chi connectivity index (χ3n) is 3.02. The van der Waals surface area contributed by atoms with Crippen molar-refractivity contribution >= 4 is 23.5 Å². The van der Waals surface area contributed by atoms with Crippen LogP contribution in [0, 0.1) is 5.82 Å². The first kappa shape index (κ1) is 16.9. The minimum atomic E-state index is -1.06. The SMILES string of the molecule is CCOC(=O)[C@H](NC(=O)c1ccncc1F)c1ccc(Cl)cc1. The summed E-state index contributed by atoms with van der Waals surface area (Å²) in [4.78, 5) is 27.9. The van der Waals surface area contributed by atoms with E-state index >= 15 is 0 Å². The maximum absolute atomic E-state index is 13.6. The van der Waals surface area contributed by atoms with Crippen LogP contribution in [0.2, 0.25) is 5.02 Å². The van der Waals surface area contributed by atoms with Crippen LogP contribution in [0.1, 0.15) is 28.9 Å². The lowest BCUT2D eigenvalue weighted by Crippen LogP contribution is -2.35. The summed E-state index contributed by atoms with van der Waals surface area (Å²) in [6.45, 7) is 1.81. The van der Waals surface area contributed by atoms with Crippen LogP contribution >= 0.6 is 11.6 Å². The van der Waals surface area contributed by atoms with Crippen molar-refractivity contribution in [3.8, 4) is 0 Å². The first-order valence-electron chi connectivity index (χ1n) is 6.85. The number of hydrogen-bond acceptors (Lipinski definition) is 4. The van der Waals surface area contributed by atoms with Crippen LogP contribution in [0.3, 0.4) is 0 Å². The lowest BCUT2D eigenvalue weighted by atomic mass is 10.1. The fourth-order valence-corrected chi connectivity index (χ4v) is 2.05. The summed E-state index contributed by atoms with van der Waals surface area (Å²) in [6.07, 6.45) is 2.22. The predicted molar refractivity (Wildman–Crippen MR) is 82.5 cm³/mol. The van der Waals surface area contributed by atoms with E-state index in [-0.39, 0.29) is 12.2 Å². The van der Waals surface area contributed by atoms with Crippen LogP contribution in [-0.2, 0) is 9.53 Å². The van der Waals surface area contributed by atoms with E-state index in [4.69, 9.17) is 16.3 Å². The summed E-state index contributed by atoms with van der Waals surface area (Å²) in [5, 5.41) is 2.96. The highest BCUT2D eigenvalue weighted by Gasteiger charge is 2.25. The predicted octanol–water partition coefficient (Wildman–Crippen LogP) is 2.91. The zero-order valence-electron chi connectivity index (χ0n) is 12.3. The van der Waals surface area contributed by atoms with Crippen molar-refractivity contribution in [2.75, 3.05) is 6.61 Å². The number of hydrogen-bond donors (Lipinski definition) is 1. The number of pyridine rings is 1. The topological polar surface area (TPSA) is 68.3 Å². The first-order chi connectivity index (χ1) is 11.0. The second-order valence-corrected chi connectivity index (χ2v) is 5.00. The summed E-state index contributed by atoms with van der Waals surface area (Å²) >= 11 is 5.82. The van der Waals surface area contributed by atoms with E-state index in [0.717, 1.165) is 6.20 Å². The quantitative estimate of drug-likeness (QED) is 0.852. The Hall–Kier alpha value is -2.47. The number of nitrogens with one attached hydrogen (secondary N) is 1. The highest BCUT2D eigenvalue weighted by molar-refractivity contribution is 6.30. The van der Waals surface area contributed by atoms with Crippen LogP contribution in [0.15, 0.2) is 42.7 Å². The monoisotopic (exact) mass is 336 g/mol. The van der Waals surface area contributed by atoms with Gasteiger partial charge in [-0.2, -0.15) is 0 Å². The molecule has 1 heterocycles. The number of carbonyl (C=O) groups excluding carboxylic acids is 2. The molecule has 0 aliphatic heterocycles. The Kier molecular flexibility index (Phi) is 5.65. The van der Waals surface area contributed by atoms with Gasteiger partial charge in [-0.05, 0) is 30.7 Å². The molecule has 5 nitrogen and oxygen atoms in total. The van der Waals surface area contributed by atoms with Gasteiger partial charge in [0.1, 0.15) is 0 Å². The molecule has 0 aliphatic rings. The zero-order chi connectivity index (χ0) is 16.8. The van der Waals surface area contributed by atoms with Crippen LogP contribution < -0.4 is 5.32 Å². The summed E-state index contributed by atoms with van der Waals surface area (Å²) in [6, 6.07) is 6.52. The van der Waals surface area contributed by atoms with Gasteiger partial charge in [0.05, 0.1) is 18.4 Å².